The molecular weight excluding hydrogens is 210 g/mol. The number of nitrogens with zero attached hydrogens (tertiary/aromatic N) is 2. The summed E-state index contributed by atoms with van der Waals surface area (Å²) in [6.45, 7) is 9.71. The van der Waals surface area contributed by atoms with Crippen LogP contribution in [0.15, 0.2) is 0 Å². The van der Waals surface area contributed by atoms with Gasteiger partial charge in [0.1, 0.15) is 11.6 Å². The van der Waals surface area contributed by atoms with Crippen molar-refractivity contribution >= 4 is 5.82 Å². The van der Waals surface area contributed by atoms with Gasteiger partial charge in [0.15, 0.2) is 0 Å². The highest BCUT2D eigenvalue weighted by Gasteiger charge is 2.37. The Hall–Kier alpha value is -1.12. The van der Waals surface area contributed by atoms with Crippen molar-refractivity contribution in [3.05, 3.63) is 17.1 Å². The van der Waals surface area contributed by atoms with E-state index in [2.05, 4.69) is 38.0 Å². The lowest BCUT2D eigenvalue weighted by Gasteiger charge is -2.13. The molecule has 2 rings (SSSR count). The minimum absolute atomic E-state index is 0.599. The first-order valence-electron chi connectivity index (χ1n) is 6.78. The van der Waals surface area contributed by atoms with Gasteiger partial charge >= 0.3 is 0 Å². The molecule has 1 N–H and O–H groups in total. The molecule has 3 heteroatoms. The lowest BCUT2D eigenvalue weighted by atomic mass is 10.1. The molecule has 3 nitrogen and oxygen atoms in total. The van der Waals surface area contributed by atoms with Gasteiger partial charge in [-0.1, -0.05) is 20.8 Å². The average Bonchev–Trinajstić information content (AvgIpc) is 3.03. The maximum atomic E-state index is 4.73. The van der Waals surface area contributed by atoms with E-state index in [0.717, 1.165) is 42.6 Å². The molecule has 0 bridgehead atoms. The topological polar surface area (TPSA) is 37.8 Å². The summed E-state index contributed by atoms with van der Waals surface area (Å²) in [7, 11) is 0. The predicted molar refractivity (Wildman–Crippen MR) is 71.4 cm³/mol. The van der Waals surface area contributed by atoms with E-state index >= 15 is 0 Å². The van der Waals surface area contributed by atoms with E-state index < -0.39 is 0 Å². The molecule has 2 atom stereocenters. The molecule has 94 valence electrons. The Balaban J connectivity index is 2.28. The predicted octanol–water partition coefficient (Wildman–Crippen LogP) is 3.29. The van der Waals surface area contributed by atoms with Crippen molar-refractivity contribution in [2.45, 2.75) is 52.9 Å². The van der Waals surface area contributed by atoms with Crippen LogP contribution in [0, 0.1) is 12.8 Å². The Bertz CT molecular complexity index is 401. The average molecular weight is 233 g/mol. The maximum Gasteiger partial charge on any atom is 0.134 e. The SMILES string of the molecule is CCCNc1nc(C2CC2C)nc(C)c1CC. The molecule has 1 saturated carbocycles. The molecule has 2 unspecified atom stereocenters. The molecule has 1 heterocycles. The van der Waals surface area contributed by atoms with Gasteiger partial charge < -0.3 is 5.32 Å². The number of hydrogen-bond acceptors (Lipinski definition) is 3. The number of hydrogen-bond donors (Lipinski definition) is 1. The zero-order valence-electron chi connectivity index (χ0n) is 11.4. The highest BCUT2D eigenvalue weighted by atomic mass is 15.0. The van der Waals surface area contributed by atoms with Crippen LogP contribution < -0.4 is 5.32 Å². The molecule has 17 heavy (non-hydrogen) atoms. The van der Waals surface area contributed by atoms with Crippen LogP contribution in [0.25, 0.3) is 0 Å². The second-order valence-corrected chi connectivity index (χ2v) is 5.09. The standard InChI is InChI=1S/C14H23N3/c1-5-7-15-13-11(6-2)10(4)16-14(17-13)12-8-9(12)3/h9,12H,5-8H2,1-4H3,(H,15,16,17). The first-order chi connectivity index (χ1) is 8.17. The van der Waals surface area contributed by atoms with Crippen LogP contribution in [0.2, 0.25) is 0 Å². The molecule has 0 aliphatic heterocycles. The fourth-order valence-electron chi connectivity index (χ4n) is 2.28. The third-order valence-electron chi connectivity index (χ3n) is 3.57. The third-order valence-corrected chi connectivity index (χ3v) is 3.57. The van der Waals surface area contributed by atoms with E-state index in [4.69, 9.17) is 4.98 Å². The summed E-state index contributed by atoms with van der Waals surface area (Å²) in [5.41, 5.74) is 2.42. The largest absolute Gasteiger partial charge is 0.370 e. The summed E-state index contributed by atoms with van der Waals surface area (Å²) in [6, 6.07) is 0. The van der Waals surface area contributed by atoms with Gasteiger partial charge in [-0.15, -0.1) is 0 Å². The van der Waals surface area contributed by atoms with Crippen LogP contribution in [0.1, 0.15) is 56.6 Å². The summed E-state index contributed by atoms with van der Waals surface area (Å²) < 4.78 is 0. The van der Waals surface area contributed by atoms with Gasteiger partial charge in [-0.05, 0) is 32.1 Å². The number of aromatic nitrogens is 2. The smallest absolute Gasteiger partial charge is 0.134 e. The third kappa shape index (κ3) is 2.59. The summed E-state index contributed by atoms with van der Waals surface area (Å²) in [5.74, 6) is 3.48. The zero-order chi connectivity index (χ0) is 12.4. The Labute approximate surface area is 104 Å². The number of aryl methyl sites for hydroxylation is 1. The van der Waals surface area contributed by atoms with E-state index in [9.17, 15) is 0 Å². The van der Waals surface area contributed by atoms with E-state index in [0.29, 0.717) is 5.92 Å². The second kappa shape index (κ2) is 5.03. The van der Waals surface area contributed by atoms with Crippen molar-refractivity contribution in [2.24, 2.45) is 5.92 Å². The van der Waals surface area contributed by atoms with Gasteiger partial charge in [-0.25, -0.2) is 9.97 Å². The number of rotatable bonds is 5. The molecular formula is C14H23N3. The van der Waals surface area contributed by atoms with Crippen LogP contribution >= 0.6 is 0 Å². The molecule has 1 fully saturated rings. The Kier molecular flexibility index (Phi) is 3.65. The first-order valence-corrected chi connectivity index (χ1v) is 6.78. The second-order valence-electron chi connectivity index (χ2n) is 5.09. The van der Waals surface area contributed by atoms with Crippen molar-refractivity contribution < 1.29 is 0 Å². The van der Waals surface area contributed by atoms with E-state index in [1.807, 2.05) is 0 Å². The maximum absolute atomic E-state index is 4.73. The fourth-order valence-corrected chi connectivity index (χ4v) is 2.28. The van der Waals surface area contributed by atoms with E-state index in [1.54, 1.807) is 0 Å². The summed E-state index contributed by atoms with van der Waals surface area (Å²) >= 11 is 0. The molecule has 1 aliphatic rings. The van der Waals surface area contributed by atoms with Crippen molar-refractivity contribution in [2.75, 3.05) is 11.9 Å². The minimum Gasteiger partial charge on any atom is -0.370 e. The zero-order valence-corrected chi connectivity index (χ0v) is 11.4. The highest BCUT2D eigenvalue weighted by Crippen LogP contribution is 2.45. The molecule has 1 aromatic rings. The lowest BCUT2D eigenvalue weighted by Crippen LogP contribution is -2.10. The van der Waals surface area contributed by atoms with Crippen LogP contribution in [0.4, 0.5) is 5.82 Å². The molecule has 1 aliphatic carbocycles. The molecule has 0 radical (unpaired) electrons. The number of nitrogens with one attached hydrogen (secondary N) is 1. The molecule has 0 amide bonds. The normalized spacial score (nSPS) is 22.6. The monoisotopic (exact) mass is 233 g/mol. The van der Waals surface area contributed by atoms with Gasteiger partial charge in [-0.3, -0.25) is 0 Å². The Morgan fingerprint density at radius 2 is 2.00 bits per heavy atom. The molecule has 0 saturated heterocycles. The van der Waals surface area contributed by atoms with Crippen LogP contribution in [-0.4, -0.2) is 16.5 Å². The van der Waals surface area contributed by atoms with Crippen LogP contribution in [0.3, 0.4) is 0 Å². The quantitative estimate of drug-likeness (QED) is 0.848. The van der Waals surface area contributed by atoms with Crippen LogP contribution in [0.5, 0.6) is 0 Å². The Morgan fingerprint density at radius 3 is 2.53 bits per heavy atom. The molecule has 0 spiro atoms. The van der Waals surface area contributed by atoms with Crippen molar-refractivity contribution in [1.82, 2.24) is 9.97 Å². The molecule has 0 aromatic carbocycles. The van der Waals surface area contributed by atoms with Gasteiger partial charge in [0.05, 0.1) is 0 Å². The highest BCUT2D eigenvalue weighted by molar-refractivity contribution is 5.47. The first kappa shape index (κ1) is 12.3. The van der Waals surface area contributed by atoms with Gasteiger partial charge in [0.25, 0.3) is 0 Å². The van der Waals surface area contributed by atoms with Gasteiger partial charge in [-0.2, -0.15) is 0 Å². The van der Waals surface area contributed by atoms with E-state index in [1.165, 1.54) is 12.0 Å². The minimum atomic E-state index is 0.599. The molecule has 1 aromatic heterocycles. The summed E-state index contributed by atoms with van der Waals surface area (Å²) in [5, 5.41) is 3.44. The summed E-state index contributed by atoms with van der Waals surface area (Å²) in [6.07, 6.45) is 3.37. The Morgan fingerprint density at radius 1 is 1.29 bits per heavy atom. The van der Waals surface area contributed by atoms with Crippen molar-refractivity contribution in [3.63, 3.8) is 0 Å². The summed E-state index contributed by atoms with van der Waals surface area (Å²) in [4.78, 5) is 9.41. The lowest BCUT2D eigenvalue weighted by molar-refractivity contribution is 0.817. The van der Waals surface area contributed by atoms with Crippen molar-refractivity contribution in [3.8, 4) is 0 Å². The van der Waals surface area contributed by atoms with Crippen LogP contribution in [-0.2, 0) is 6.42 Å². The van der Waals surface area contributed by atoms with Crippen molar-refractivity contribution in [1.29, 1.82) is 0 Å². The van der Waals surface area contributed by atoms with E-state index in [-0.39, 0.29) is 0 Å². The van der Waals surface area contributed by atoms with Gasteiger partial charge in [0.2, 0.25) is 0 Å². The van der Waals surface area contributed by atoms with Gasteiger partial charge in [0, 0.05) is 23.7 Å². The number of anilines is 1. The fraction of sp³-hybridized carbons (Fsp3) is 0.714.